The van der Waals surface area contributed by atoms with Crippen molar-refractivity contribution in [3.63, 3.8) is 0 Å². The first-order valence-electron chi connectivity index (χ1n) is 12.6. The average Bonchev–Trinajstić information content (AvgIpc) is 3.37. The van der Waals surface area contributed by atoms with E-state index in [0.29, 0.717) is 37.0 Å². The second-order valence-corrected chi connectivity index (χ2v) is 9.50. The minimum atomic E-state index is -0.0174. The number of anilines is 1. The summed E-state index contributed by atoms with van der Waals surface area (Å²) in [7, 11) is 0. The van der Waals surface area contributed by atoms with Crippen LogP contribution in [-0.4, -0.2) is 58.1 Å². The number of hydrogen-bond acceptors (Lipinski definition) is 5. The standard InChI is InChI=1S/C30H26ClN5O2/c31-25-13-7-8-14-26(25)36-19-24(22-9-3-1-4-10-22)28-29(32-21-33-30(28)36)35-17-15-34(16-18-35)27(37)20-38-23-11-5-2-6-12-23/h1-14,19,21H,15-18,20H2. The van der Waals surface area contributed by atoms with E-state index in [-0.39, 0.29) is 12.5 Å². The number of benzene rings is 3. The van der Waals surface area contributed by atoms with Crippen molar-refractivity contribution in [3.8, 4) is 22.6 Å². The minimum Gasteiger partial charge on any atom is -0.484 e. The molecule has 3 heterocycles. The number of halogens is 1. The second-order valence-electron chi connectivity index (χ2n) is 9.10. The lowest BCUT2D eigenvalue weighted by molar-refractivity contribution is -0.133. The van der Waals surface area contributed by atoms with Gasteiger partial charge in [0.2, 0.25) is 0 Å². The molecule has 1 saturated heterocycles. The summed E-state index contributed by atoms with van der Waals surface area (Å²) in [5.74, 6) is 1.53. The molecule has 0 aliphatic carbocycles. The molecule has 5 aromatic rings. The van der Waals surface area contributed by atoms with Crippen molar-refractivity contribution in [1.82, 2.24) is 19.4 Å². The number of hydrogen-bond donors (Lipinski definition) is 0. The molecule has 0 unspecified atom stereocenters. The van der Waals surface area contributed by atoms with Crippen LogP contribution in [0.4, 0.5) is 5.82 Å². The third-order valence-corrected chi connectivity index (χ3v) is 7.12. The van der Waals surface area contributed by atoms with Gasteiger partial charge < -0.3 is 14.5 Å². The molecule has 0 radical (unpaired) electrons. The largest absolute Gasteiger partial charge is 0.484 e. The van der Waals surface area contributed by atoms with Crippen LogP contribution < -0.4 is 9.64 Å². The number of piperazine rings is 1. The van der Waals surface area contributed by atoms with Gasteiger partial charge in [-0.15, -0.1) is 0 Å². The third kappa shape index (κ3) is 4.68. The molecular formula is C30H26ClN5O2. The maximum Gasteiger partial charge on any atom is 0.260 e. The van der Waals surface area contributed by atoms with Crippen LogP contribution in [0.3, 0.4) is 0 Å². The lowest BCUT2D eigenvalue weighted by Crippen LogP contribution is -2.50. The van der Waals surface area contributed by atoms with E-state index in [1.165, 1.54) is 0 Å². The number of para-hydroxylation sites is 2. The zero-order chi connectivity index (χ0) is 25.9. The van der Waals surface area contributed by atoms with E-state index >= 15 is 0 Å². The van der Waals surface area contributed by atoms with Crippen LogP contribution in [-0.2, 0) is 4.79 Å². The van der Waals surface area contributed by atoms with Gasteiger partial charge in [-0.3, -0.25) is 9.36 Å². The van der Waals surface area contributed by atoms with Crippen LogP contribution in [0.15, 0.2) is 97.5 Å². The van der Waals surface area contributed by atoms with Gasteiger partial charge in [-0.05, 0) is 29.8 Å². The molecule has 8 heteroatoms. The molecule has 38 heavy (non-hydrogen) atoms. The van der Waals surface area contributed by atoms with Gasteiger partial charge in [0.05, 0.1) is 16.1 Å². The average molecular weight is 524 g/mol. The van der Waals surface area contributed by atoms with Gasteiger partial charge in [0, 0.05) is 37.9 Å². The summed E-state index contributed by atoms with van der Waals surface area (Å²) in [5, 5.41) is 1.61. The molecule has 0 atom stereocenters. The van der Waals surface area contributed by atoms with Crippen molar-refractivity contribution in [2.75, 3.05) is 37.7 Å². The van der Waals surface area contributed by atoms with Crippen molar-refractivity contribution in [2.45, 2.75) is 0 Å². The van der Waals surface area contributed by atoms with Crippen LogP contribution in [0.5, 0.6) is 5.75 Å². The van der Waals surface area contributed by atoms with Gasteiger partial charge >= 0.3 is 0 Å². The quantitative estimate of drug-likeness (QED) is 0.295. The number of rotatable bonds is 6. The van der Waals surface area contributed by atoms with Gasteiger partial charge in [-0.25, -0.2) is 9.97 Å². The highest BCUT2D eigenvalue weighted by atomic mass is 35.5. The topological polar surface area (TPSA) is 63.5 Å². The Bertz CT molecular complexity index is 1560. The Morgan fingerprint density at radius 1 is 0.842 bits per heavy atom. The van der Waals surface area contributed by atoms with E-state index in [2.05, 4.69) is 28.2 Å². The monoisotopic (exact) mass is 523 g/mol. The first-order chi connectivity index (χ1) is 18.7. The highest BCUT2D eigenvalue weighted by molar-refractivity contribution is 6.32. The van der Waals surface area contributed by atoms with Crippen molar-refractivity contribution in [3.05, 3.63) is 102 Å². The van der Waals surface area contributed by atoms with Gasteiger partial charge in [0.25, 0.3) is 5.91 Å². The molecule has 0 N–H and O–H groups in total. The number of nitrogens with zero attached hydrogens (tertiary/aromatic N) is 5. The maximum atomic E-state index is 12.8. The second kappa shape index (κ2) is 10.6. The molecule has 190 valence electrons. The summed E-state index contributed by atoms with van der Waals surface area (Å²) in [5.41, 5.74) is 3.76. The summed E-state index contributed by atoms with van der Waals surface area (Å²) >= 11 is 6.59. The Morgan fingerprint density at radius 3 is 2.26 bits per heavy atom. The van der Waals surface area contributed by atoms with Crippen LogP contribution in [0.2, 0.25) is 5.02 Å². The molecule has 2 aromatic heterocycles. The number of aromatic nitrogens is 3. The first kappa shape index (κ1) is 24.0. The van der Waals surface area contributed by atoms with E-state index in [1.54, 1.807) is 6.33 Å². The lowest BCUT2D eigenvalue weighted by Gasteiger charge is -2.35. The molecule has 1 fully saturated rings. The molecule has 1 aliphatic heterocycles. The number of carbonyl (C=O) groups is 1. The molecule has 1 aliphatic rings. The fourth-order valence-electron chi connectivity index (χ4n) is 4.87. The normalized spacial score (nSPS) is 13.6. The highest BCUT2D eigenvalue weighted by Crippen LogP contribution is 2.38. The highest BCUT2D eigenvalue weighted by Gasteiger charge is 2.26. The third-order valence-electron chi connectivity index (χ3n) is 6.80. The van der Waals surface area contributed by atoms with Crippen LogP contribution in [0.1, 0.15) is 0 Å². The van der Waals surface area contributed by atoms with E-state index in [1.807, 2.05) is 82.3 Å². The SMILES string of the molecule is O=C(COc1ccccc1)N1CCN(c2ncnc3c2c(-c2ccccc2)cn3-c2ccccc2Cl)CC1. The van der Waals surface area contributed by atoms with Crippen molar-refractivity contribution >= 4 is 34.4 Å². The Kier molecular flexibility index (Phi) is 6.67. The smallest absolute Gasteiger partial charge is 0.260 e. The summed E-state index contributed by atoms with van der Waals surface area (Å²) in [6.07, 6.45) is 3.69. The van der Waals surface area contributed by atoms with Gasteiger partial charge in [0.1, 0.15) is 17.9 Å². The minimum absolute atomic E-state index is 0.0174. The fourth-order valence-corrected chi connectivity index (χ4v) is 5.10. The summed E-state index contributed by atoms with van der Waals surface area (Å²) < 4.78 is 7.70. The summed E-state index contributed by atoms with van der Waals surface area (Å²) in [6, 6.07) is 27.4. The fraction of sp³-hybridized carbons (Fsp3) is 0.167. The predicted octanol–water partition coefficient (Wildman–Crippen LogP) is 5.47. The molecule has 7 nitrogen and oxygen atoms in total. The van der Waals surface area contributed by atoms with E-state index in [9.17, 15) is 4.79 Å². The molecule has 0 saturated carbocycles. The Hall–Kier alpha value is -4.36. The molecule has 0 spiro atoms. The summed E-state index contributed by atoms with van der Waals surface area (Å²) in [6.45, 7) is 2.53. The van der Waals surface area contributed by atoms with Crippen LogP contribution >= 0.6 is 11.6 Å². The van der Waals surface area contributed by atoms with E-state index < -0.39 is 0 Å². The van der Waals surface area contributed by atoms with E-state index in [4.69, 9.17) is 21.3 Å². The van der Waals surface area contributed by atoms with Gasteiger partial charge in [-0.2, -0.15) is 0 Å². The number of amides is 1. The molecular weight excluding hydrogens is 498 g/mol. The zero-order valence-corrected chi connectivity index (χ0v) is 21.5. The van der Waals surface area contributed by atoms with E-state index in [0.717, 1.165) is 33.7 Å². The number of fused-ring (bicyclic) bond motifs is 1. The molecule has 6 rings (SSSR count). The Morgan fingerprint density at radius 2 is 1.53 bits per heavy atom. The van der Waals surface area contributed by atoms with Crippen molar-refractivity contribution < 1.29 is 9.53 Å². The van der Waals surface area contributed by atoms with Crippen LogP contribution in [0.25, 0.3) is 27.8 Å². The molecule has 0 bridgehead atoms. The summed E-state index contributed by atoms with van der Waals surface area (Å²) in [4.78, 5) is 26.3. The number of ether oxygens (including phenoxy) is 1. The number of carbonyl (C=O) groups excluding carboxylic acids is 1. The predicted molar refractivity (Wildman–Crippen MR) is 150 cm³/mol. The Labute approximate surface area is 225 Å². The molecule has 1 amide bonds. The Balaban J connectivity index is 1.30. The van der Waals surface area contributed by atoms with Gasteiger partial charge in [0.15, 0.2) is 12.3 Å². The van der Waals surface area contributed by atoms with Crippen molar-refractivity contribution in [1.29, 1.82) is 0 Å². The van der Waals surface area contributed by atoms with Crippen molar-refractivity contribution in [2.24, 2.45) is 0 Å². The molecule has 3 aromatic carbocycles. The lowest BCUT2D eigenvalue weighted by atomic mass is 10.1. The van der Waals surface area contributed by atoms with Gasteiger partial charge in [-0.1, -0.05) is 72.3 Å². The zero-order valence-electron chi connectivity index (χ0n) is 20.7. The maximum absolute atomic E-state index is 12.8. The van der Waals surface area contributed by atoms with Crippen LogP contribution in [0, 0.1) is 0 Å². The first-order valence-corrected chi connectivity index (χ1v) is 12.9.